The Hall–Kier alpha value is -0.890. The minimum Gasteiger partial charge on any atom is -0.381 e. The third-order valence-electron chi connectivity index (χ3n) is 2.47. The van der Waals surface area contributed by atoms with Crippen LogP contribution in [0, 0.1) is 0 Å². The summed E-state index contributed by atoms with van der Waals surface area (Å²) in [5.41, 5.74) is 2.61. The first kappa shape index (κ1) is 7.74. The summed E-state index contributed by atoms with van der Waals surface area (Å²) < 4.78 is 5.32. The summed E-state index contributed by atoms with van der Waals surface area (Å²) in [6.07, 6.45) is 5.47. The van der Waals surface area contributed by atoms with Crippen molar-refractivity contribution in [2.75, 3.05) is 7.11 Å². The third kappa shape index (κ3) is 1.34. The molecule has 0 saturated heterocycles. The summed E-state index contributed by atoms with van der Waals surface area (Å²) in [6.45, 7) is 0. The molecule has 0 aliphatic heterocycles. The normalized spacial score (nSPS) is 21.9. The SMILES string of the molecule is COC1CCc2ncccc2C1. The predicted molar refractivity (Wildman–Crippen MR) is 47.1 cm³/mol. The second-order valence-electron chi connectivity index (χ2n) is 3.21. The zero-order valence-electron chi connectivity index (χ0n) is 7.29. The van der Waals surface area contributed by atoms with E-state index in [9.17, 15) is 0 Å². The van der Waals surface area contributed by atoms with Crippen LogP contribution in [0.2, 0.25) is 0 Å². The second-order valence-corrected chi connectivity index (χ2v) is 3.21. The summed E-state index contributed by atoms with van der Waals surface area (Å²) in [6, 6.07) is 4.14. The first-order valence-corrected chi connectivity index (χ1v) is 4.35. The van der Waals surface area contributed by atoms with Crippen molar-refractivity contribution in [1.29, 1.82) is 0 Å². The largest absolute Gasteiger partial charge is 0.381 e. The molecule has 2 nitrogen and oxygen atoms in total. The van der Waals surface area contributed by atoms with E-state index in [0.29, 0.717) is 6.10 Å². The van der Waals surface area contributed by atoms with E-state index >= 15 is 0 Å². The van der Waals surface area contributed by atoms with Gasteiger partial charge in [0.1, 0.15) is 0 Å². The number of fused-ring (bicyclic) bond motifs is 1. The number of hydrogen-bond donors (Lipinski definition) is 0. The smallest absolute Gasteiger partial charge is 0.0616 e. The zero-order chi connectivity index (χ0) is 8.39. The van der Waals surface area contributed by atoms with Crippen molar-refractivity contribution in [2.45, 2.75) is 25.4 Å². The molecule has 0 aromatic carbocycles. The van der Waals surface area contributed by atoms with Crippen LogP contribution in [0.3, 0.4) is 0 Å². The van der Waals surface area contributed by atoms with Crippen LogP contribution in [0.15, 0.2) is 18.3 Å². The van der Waals surface area contributed by atoms with Crippen molar-refractivity contribution < 1.29 is 4.74 Å². The molecule has 0 spiro atoms. The van der Waals surface area contributed by atoms with Gasteiger partial charge >= 0.3 is 0 Å². The number of pyridine rings is 1. The predicted octanol–water partition coefficient (Wildman–Crippen LogP) is 1.59. The number of methoxy groups -OCH3 is 1. The molecule has 1 aromatic rings. The van der Waals surface area contributed by atoms with Crippen LogP contribution < -0.4 is 0 Å². The zero-order valence-corrected chi connectivity index (χ0v) is 7.29. The maximum absolute atomic E-state index is 5.32. The molecule has 1 unspecified atom stereocenters. The Bertz CT molecular complexity index is 272. The van der Waals surface area contributed by atoms with E-state index in [1.165, 1.54) is 11.3 Å². The molecule has 2 heteroatoms. The Morgan fingerprint density at radius 1 is 1.58 bits per heavy atom. The maximum atomic E-state index is 5.32. The van der Waals surface area contributed by atoms with Crippen molar-refractivity contribution in [2.24, 2.45) is 0 Å². The van der Waals surface area contributed by atoms with Crippen LogP contribution in [-0.4, -0.2) is 18.2 Å². The van der Waals surface area contributed by atoms with Gasteiger partial charge in [-0.1, -0.05) is 6.07 Å². The van der Waals surface area contributed by atoms with Gasteiger partial charge in [0.25, 0.3) is 0 Å². The number of ether oxygens (including phenoxy) is 1. The van der Waals surface area contributed by atoms with Gasteiger partial charge in [0.2, 0.25) is 0 Å². The Balaban J connectivity index is 2.23. The molecule has 0 saturated carbocycles. The fraction of sp³-hybridized carbons (Fsp3) is 0.500. The van der Waals surface area contributed by atoms with Crippen molar-refractivity contribution in [3.8, 4) is 0 Å². The average Bonchev–Trinajstić information content (AvgIpc) is 2.17. The Morgan fingerprint density at radius 3 is 3.33 bits per heavy atom. The summed E-state index contributed by atoms with van der Waals surface area (Å²) in [5.74, 6) is 0. The second kappa shape index (κ2) is 3.23. The standard InChI is InChI=1S/C10H13NO/c1-12-9-4-5-10-8(7-9)3-2-6-11-10/h2-3,6,9H,4-5,7H2,1H3. The summed E-state index contributed by atoms with van der Waals surface area (Å²) in [7, 11) is 1.78. The summed E-state index contributed by atoms with van der Waals surface area (Å²) in [4.78, 5) is 4.33. The average molecular weight is 163 g/mol. The van der Waals surface area contributed by atoms with Crippen LogP contribution in [0.5, 0.6) is 0 Å². The van der Waals surface area contributed by atoms with Crippen LogP contribution in [0.25, 0.3) is 0 Å². The van der Waals surface area contributed by atoms with Crippen molar-refractivity contribution >= 4 is 0 Å². The van der Waals surface area contributed by atoms with Gasteiger partial charge in [-0.25, -0.2) is 0 Å². The van der Waals surface area contributed by atoms with Crippen LogP contribution in [0.1, 0.15) is 17.7 Å². The van der Waals surface area contributed by atoms with Crippen LogP contribution in [0.4, 0.5) is 0 Å². The molecule has 0 fully saturated rings. The first-order valence-electron chi connectivity index (χ1n) is 4.35. The molecule has 2 rings (SSSR count). The molecule has 1 heterocycles. The maximum Gasteiger partial charge on any atom is 0.0616 e. The summed E-state index contributed by atoms with van der Waals surface area (Å²) in [5, 5.41) is 0. The molecule has 12 heavy (non-hydrogen) atoms. The molecule has 1 atom stereocenters. The third-order valence-corrected chi connectivity index (χ3v) is 2.47. The van der Waals surface area contributed by atoms with E-state index < -0.39 is 0 Å². The molecule has 0 amide bonds. The Labute approximate surface area is 72.6 Å². The van der Waals surface area contributed by atoms with Gasteiger partial charge in [0.15, 0.2) is 0 Å². The highest BCUT2D eigenvalue weighted by molar-refractivity contribution is 5.23. The van der Waals surface area contributed by atoms with E-state index in [-0.39, 0.29) is 0 Å². The van der Waals surface area contributed by atoms with E-state index in [2.05, 4.69) is 11.1 Å². The number of nitrogens with zero attached hydrogens (tertiary/aromatic N) is 1. The minimum absolute atomic E-state index is 0.404. The fourth-order valence-corrected chi connectivity index (χ4v) is 1.73. The van der Waals surface area contributed by atoms with Crippen molar-refractivity contribution in [3.05, 3.63) is 29.6 Å². The number of hydrogen-bond acceptors (Lipinski definition) is 2. The molecule has 0 radical (unpaired) electrons. The lowest BCUT2D eigenvalue weighted by Crippen LogP contribution is -2.21. The lowest BCUT2D eigenvalue weighted by molar-refractivity contribution is 0.0905. The Morgan fingerprint density at radius 2 is 2.50 bits per heavy atom. The highest BCUT2D eigenvalue weighted by Crippen LogP contribution is 2.20. The van der Waals surface area contributed by atoms with Gasteiger partial charge in [-0.3, -0.25) is 4.98 Å². The highest BCUT2D eigenvalue weighted by atomic mass is 16.5. The van der Waals surface area contributed by atoms with Crippen LogP contribution >= 0.6 is 0 Å². The van der Waals surface area contributed by atoms with Gasteiger partial charge in [0, 0.05) is 25.4 Å². The quantitative estimate of drug-likeness (QED) is 0.627. The summed E-state index contributed by atoms with van der Waals surface area (Å²) >= 11 is 0. The number of aromatic nitrogens is 1. The van der Waals surface area contributed by atoms with E-state index in [4.69, 9.17) is 4.74 Å². The molecule has 1 aromatic heterocycles. The van der Waals surface area contributed by atoms with Crippen molar-refractivity contribution in [1.82, 2.24) is 4.98 Å². The number of rotatable bonds is 1. The fourth-order valence-electron chi connectivity index (χ4n) is 1.73. The highest BCUT2D eigenvalue weighted by Gasteiger charge is 2.17. The molecular weight excluding hydrogens is 150 g/mol. The van der Waals surface area contributed by atoms with Gasteiger partial charge in [-0.05, 0) is 24.5 Å². The van der Waals surface area contributed by atoms with Gasteiger partial charge in [-0.15, -0.1) is 0 Å². The molecule has 64 valence electrons. The molecule has 1 aliphatic rings. The molecular formula is C10H13NO. The minimum atomic E-state index is 0.404. The van der Waals surface area contributed by atoms with Crippen molar-refractivity contribution in [3.63, 3.8) is 0 Å². The molecule has 0 bridgehead atoms. The lowest BCUT2D eigenvalue weighted by Gasteiger charge is -2.22. The molecule has 0 N–H and O–H groups in total. The van der Waals surface area contributed by atoms with E-state index in [1.807, 2.05) is 12.3 Å². The lowest BCUT2D eigenvalue weighted by atomic mass is 9.94. The monoisotopic (exact) mass is 163 g/mol. The van der Waals surface area contributed by atoms with Gasteiger partial charge < -0.3 is 4.74 Å². The van der Waals surface area contributed by atoms with Crippen LogP contribution in [-0.2, 0) is 17.6 Å². The van der Waals surface area contributed by atoms with E-state index in [0.717, 1.165) is 19.3 Å². The first-order chi connectivity index (χ1) is 5.90. The number of aryl methyl sites for hydroxylation is 1. The van der Waals surface area contributed by atoms with E-state index in [1.54, 1.807) is 7.11 Å². The Kier molecular flexibility index (Phi) is 2.09. The van der Waals surface area contributed by atoms with Gasteiger partial charge in [-0.2, -0.15) is 0 Å². The molecule has 1 aliphatic carbocycles. The van der Waals surface area contributed by atoms with Gasteiger partial charge in [0.05, 0.1) is 6.10 Å². The topological polar surface area (TPSA) is 22.1 Å².